The second-order valence-electron chi connectivity index (χ2n) is 3.54. The van der Waals surface area contributed by atoms with Gasteiger partial charge in [0.1, 0.15) is 0 Å². The van der Waals surface area contributed by atoms with Gasteiger partial charge < -0.3 is 4.74 Å². The first-order valence-electron chi connectivity index (χ1n) is 5.32. The number of allylic oxidation sites excluding steroid dienone is 1. The normalized spacial score (nSPS) is 11.1. The van der Waals surface area contributed by atoms with Crippen LogP contribution in [0.4, 0.5) is 0 Å². The fraction of sp³-hybridized carbons (Fsp3) is 0.214. The monoisotopic (exact) mass is 250 g/mol. The van der Waals surface area contributed by atoms with Gasteiger partial charge in [0.25, 0.3) is 0 Å². The second kappa shape index (κ2) is 6.92. The lowest BCUT2D eigenvalue weighted by atomic mass is 10.1. The molecule has 0 N–H and O–H groups in total. The van der Waals surface area contributed by atoms with E-state index in [0.717, 1.165) is 12.0 Å². The van der Waals surface area contributed by atoms with Crippen molar-refractivity contribution in [2.75, 3.05) is 7.11 Å². The molecule has 0 heterocycles. The van der Waals surface area contributed by atoms with Gasteiger partial charge >= 0.3 is 5.97 Å². The van der Waals surface area contributed by atoms with Crippen LogP contribution in [-0.4, -0.2) is 13.1 Å². The van der Waals surface area contributed by atoms with Crippen LogP contribution in [0.2, 0.25) is 5.02 Å². The molecule has 0 amide bonds. The summed E-state index contributed by atoms with van der Waals surface area (Å²) in [7, 11) is 1.38. The summed E-state index contributed by atoms with van der Waals surface area (Å²) in [6.07, 6.45) is 4.96. The highest BCUT2D eigenvalue weighted by molar-refractivity contribution is 6.30. The summed E-state index contributed by atoms with van der Waals surface area (Å²) in [4.78, 5) is 11.5. The number of methoxy groups -OCH3 is 1. The van der Waals surface area contributed by atoms with Crippen molar-refractivity contribution in [1.29, 1.82) is 0 Å². The van der Waals surface area contributed by atoms with Crippen LogP contribution in [0.15, 0.2) is 42.5 Å². The molecule has 3 heteroatoms. The molecule has 0 aliphatic rings. The summed E-state index contributed by atoms with van der Waals surface area (Å²) in [6.45, 7) is 3.64. The smallest absolute Gasteiger partial charge is 0.333 e. The standard InChI is InChI=1S/C14H15ClO2/c1-3-4-5-12(14(16)17-2)10-11-6-8-13(15)9-7-11/h3,6-10H,1,4-5H2,2H3/b12-10+. The molecule has 90 valence electrons. The molecule has 1 aromatic rings. The predicted octanol–water partition coefficient (Wildman–Crippen LogP) is 3.86. The van der Waals surface area contributed by atoms with E-state index in [1.807, 2.05) is 18.2 Å². The molecule has 0 unspecified atom stereocenters. The van der Waals surface area contributed by atoms with E-state index in [4.69, 9.17) is 16.3 Å². The molecule has 0 aromatic heterocycles. The third-order valence-corrected chi connectivity index (χ3v) is 2.53. The van der Waals surface area contributed by atoms with Crippen LogP contribution in [0.3, 0.4) is 0 Å². The third-order valence-electron chi connectivity index (χ3n) is 2.28. The van der Waals surface area contributed by atoms with Gasteiger partial charge in [-0.15, -0.1) is 6.58 Å². The zero-order chi connectivity index (χ0) is 12.7. The van der Waals surface area contributed by atoms with Crippen LogP contribution in [0.25, 0.3) is 6.08 Å². The highest BCUT2D eigenvalue weighted by Crippen LogP contribution is 2.16. The topological polar surface area (TPSA) is 26.3 Å². The second-order valence-corrected chi connectivity index (χ2v) is 3.98. The Kier molecular flexibility index (Phi) is 5.50. The minimum Gasteiger partial charge on any atom is -0.466 e. The van der Waals surface area contributed by atoms with Gasteiger partial charge in [-0.25, -0.2) is 4.79 Å². The van der Waals surface area contributed by atoms with Gasteiger partial charge in [-0.1, -0.05) is 29.8 Å². The fourth-order valence-corrected chi connectivity index (χ4v) is 1.51. The summed E-state index contributed by atoms with van der Waals surface area (Å²) >= 11 is 5.80. The number of carbonyl (C=O) groups is 1. The summed E-state index contributed by atoms with van der Waals surface area (Å²) in [5.41, 5.74) is 1.56. The fourth-order valence-electron chi connectivity index (χ4n) is 1.38. The van der Waals surface area contributed by atoms with Crippen molar-refractivity contribution < 1.29 is 9.53 Å². The quantitative estimate of drug-likeness (QED) is 0.451. The van der Waals surface area contributed by atoms with Crippen LogP contribution in [-0.2, 0) is 9.53 Å². The SMILES string of the molecule is C=CCC/C(=C\c1ccc(Cl)cc1)C(=O)OC. The highest BCUT2D eigenvalue weighted by Gasteiger charge is 2.08. The molecule has 0 fully saturated rings. The summed E-state index contributed by atoms with van der Waals surface area (Å²) in [5, 5.41) is 0.674. The summed E-state index contributed by atoms with van der Waals surface area (Å²) < 4.78 is 4.74. The zero-order valence-electron chi connectivity index (χ0n) is 9.78. The first-order chi connectivity index (χ1) is 8.17. The molecule has 0 saturated heterocycles. The molecule has 1 aromatic carbocycles. The number of esters is 1. The zero-order valence-corrected chi connectivity index (χ0v) is 10.5. The number of hydrogen-bond donors (Lipinski definition) is 0. The maximum Gasteiger partial charge on any atom is 0.333 e. The molecule has 2 nitrogen and oxygen atoms in total. The highest BCUT2D eigenvalue weighted by atomic mass is 35.5. The number of ether oxygens (including phenoxy) is 1. The predicted molar refractivity (Wildman–Crippen MR) is 70.9 cm³/mol. The number of hydrogen-bond acceptors (Lipinski definition) is 2. The van der Waals surface area contributed by atoms with E-state index in [2.05, 4.69) is 6.58 Å². The molecule has 17 heavy (non-hydrogen) atoms. The van der Waals surface area contributed by atoms with E-state index >= 15 is 0 Å². The van der Waals surface area contributed by atoms with E-state index in [1.54, 1.807) is 18.2 Å². The largest absolute Gasteiger partial charge is 0.466 e. The van der Waals surface area contributed by atoms with E-state index in [9.17, 15) is 4.79 Å². The van der Waals surface area contributed by atoms with Crippen LogP contribution < -0.4 is 0 Å². The van der Waals surface area contributed by atoms with E-state index in [1.165, 1.54) is 7.11 Å². The Balaban J connectivity index is 2.91. The lowest BCUT2D eigenvalue weighted by Gasteiger charge is -2.04. The van der Waals surface area contributed by atoms with Gasteiger partial charge in [0.15, 0.2) is 0 Å². The van der Waals surface area contributed by atoms with Crippen molar-refractivity contribution in [3.05, 3.63) is 53.1 Å². The number of benzene rings is 1. The van der Waals surface area contributed by atoms with Gasteiger partial charge in [-0.2, -0.15) is 0 Å². The van der Waals surface area contributed by atoms with Crippen molar-refractivity contribution in [3.63, 3.8) is 0 Å². The Morgan fingerprint density at radius 3 is 2.59 bits per heavy atom. The maximum absolute atomic E-state index is 11.5. The minimum atomic E-state index is -0.304. The molecule has 0 radical (unpaired) electrons. The molecule has 0 aliphatic heterocycles. The Morgan fingerprint density at radius 1 is 1.41 bits per heavy atom. The molecule has 0 aliphatic carbocycles. The van der Waals surface area contributed by atoms with Crippen LogP contribution in [0.1, 0.15) is 18.4 Å². The van der Waals surface area contributed by atoms with Crippen molar-refractivity contribution in [1.82, 2.24) is 0 Å². The third kappa shape index (κ3) is 4.45. The maximum atomic E-state index is 11.5. The molecule has 0 spiro atoms. The van der Waals surface area contributed by atoms with Crippen LogP contribution in [0, 0.1) is 0 Å². The van der Waals surface area contributed by atoms with Crippen LogP contribution in [0.5, 0.6) is 0 Å². The van der Waals surface area contributed by atoms with Gasteiger partial charge in [0.05, 0.1) is 7.11 Å². The Labute approximate surface area is 107 Å². The lowest BCUT2D eigenvalue weighted by molar-refractivity contribution is -0.136. The van der Waals surface area contributed by atoms with Crippen molar-refractivity contribution in [2.45, 2.75) is 12.8 Å². The summed E-state index contributed by atoms with van der Waals surface area (Å²) in [6, 6.07) is 7.30. The Morgan fingerprint density at radius 2 is 2.06 bits per heavy atom. The van der Waals surface area contributed by atoms with Gasteiger partial charge in [-0.3, -0.25) is 0 Å². The minimum absolute atomic E-state index is 0.304. The Bertz CT molecular complexity index is 418. The Hall–Kier alpha value is -1.54. The molecular weight excluding hydrogens is 236 g/mol. The first-order valence-corrected chi connectivity index (χ1v) is 5.70. The number of halogens is 1. The summed E-state index contributed by atoms with van der Waals surface area (Å²) in [5.74, 6) is -0.304. The van der Waals surface area contributed by atoms with Crippen molar-refractivity contribution in [2.24, 2.45) is 0 Å². The molecule has 0 atom stereocenters. The average Bonchev–Trinajstić information content (AvgIpc) is 2.36. The van der Waals surface area contributed by atoms with Crippen molar-refractivity contribution in [3.8, 4) is 0 Å². The molecular formula is C14H15ClO2. The van der Waals surface area contributed by atoms with Gasteiger partial charge in [-0.05, 0) is 36.6 Å². The number of rotatable bonds is 5. The van der Waals surface area contributed by atoms with Crippen LogP contribution >= 0.6 is 11.6 Å². The lowest BCUT2D eigenvalue weighted by Crippen LogP contribution is -2.04. The van der Waals surface area contributed by atoms with E-state index in [-0.39, 0.29) is 5.97 Å². The number of carbonyl (C=O) groups excluding carboxylic acids is 1. The first kappa shape index (κ1) is 13.5. The van der Waals surface area contributed by atoms with Gasteiger partial charge in [0, 0.05) is 10.6 Å². The molecule has 0 saturated carbocycles. The molecule has 1 rings (SSSR count). The molecule has 0 bridgehead atoms. The van der Waals surface area contributed by atoms with Gasteiger partial charge in [0.2, 0.25) is 0 Å². The average molecular weight is 251 g/mol. The van der Waals surface area contributed by atoms with E-state index in [0.29, 0.717) is 17.0 Å². The van der Waals surface area contributed by atoms with E-state index < -0.39 is 0 Å². The van der Waals surface area contributed by atoms with Crippen molar-refractivity contribution >= 4 is 23.6 Å².